The molecule has 1 fully saturated rings. The normalized spacial score (nSPS) is 19.9. The number of amides is 4. The highest BCUT2D eigenvalue weighted by Gasteiger charge is 2.50. The maximum Gasteiger partial charge on any atom is 0.322 e. The van der Waals surface area contributed by atoms with Gasteiger partial charge in [-0.3, -0.25) is 14.9 Å². The smallest absolute Gasteiger partial charge is 0.322 e. The van der Waals surface area contributed by atoms with Gasteiger partial charge in [-0.15, -0.1) is 0 Å². The van der Waals surface area contributed by atoms with Gasteiger partial charge in [0.05, 0.1) is 6.54 Å². The number of carbonyl (C=O) groups is 3. The highest BCUT2D eigenvalue weighted by molar-refractivity contribution is 6.08. The van der Waals surface area contributed by atoms with Gasteiger partial charge in [0.15, 0.2) is 5.54 Å². The first kappa shape index (κ1) is 18.9. The van der Waals surface area contributed by atoms with Crippen LogP contribution in [0.5, 0.6) is 0 Å². The van der Waals surface area contributed by atoms with Crippen molar-refractivity contribution < 1.29 is 18.8 Å². The van der Waals surface area contributed by atoms with Gasteiger partial charge in [0.25, 0.3) is 11.8 Å². The summed E-state index contributed by atoms with van der Waals surface area (Å²) in [4.78, 5) is 47.2. The fourth-order valence-electron chi connectivity index (χ4n) is 4.04. The topological polar surface area (TPSA) is 104 Å². The summed E-state index contributed by atoms with van der Waals surface area (Å²) in [5.74, 6) is -1.44. The lowest BCUT2D eigenvalue weighted by molar-refractivity contribution is -0.124. The number of hydrogen-bond donors (Lipinski definition) is 2. The quantitative estimate of drug-likeness (QED) is 0.632. The average Bonchev–Trinajstić information content (AvgIpc) is 3.24. The van der Waals surface area contributed by atoms with E-state index in [0.29, 0.717) is 11.1 Å². The molecule has 2 N–H and O–H groups in total. The van der Waals surface area contributed by atoms with Crippen LogP contribution >= 0.6 is 0 Å². The predicted molar refractivity (Wildman–Crippen MR) is 107 cm³/mol. The highest BCUT2D eigenvalue weighted by atomic mass is 19.1. The summed E-state index contributed by atoms with van der Waals surface area (Å²) < 4.78 is 13.6. The number of hydrogen-bond acceptors (Lipinski definition) is 5. The van der Waals surface area contributed by atoms with Crippen LogP contribution in [0.4, 0.5) is 9.18 Å². The van der Waals surface area contributed by atoms with E-state index < -0.39 is 23.3 Å². The third-order valence-electron chi connectivity index (χ3n) is 5.59. The van der Waals surface area contributed by atoms with Crippen LogP contribution in [-0.4, -0.2) is 39.3 Å². The van der Waals surface area contributed by atoms with Crippen molar-refractivity contribution in [2.45, 2.75) is 12.1 Å². The van der Waals surface area contributed by atoms with Gasteiger partial charge < -0.3 is 10.2 Å². The molecule has 9 heteroatoms. The van der Waals surface area contributed by atoms with Gasteiger partial charge >= 0.3 is 6.03 Å². The van der Waals surface area contributed by atoms with Crippen molar-refractivity contribution in [3.63, 3.8) is 0 Å². The molecule has 2 aliphatic rings. The van der Waals surface area contributed by atoms with Crippen LogP contribution in [0.1, 0.15) is 21.5 Å². The number of nitrogens with one attached hydrogen (secondary N) is 2. The van der Waals surface area contributed by atoms with Gasteiger partial charge in [0.1, 0.15) is 12.1 Å². The molecule has 0 spiro atoms. The Balaban J connectivity index is 1.49. The molecular formula is C22H16FN5O3. The molecule has 1 saturated heterocycles. The summed E-state index contributed by atoms with van der Waals surface area (Å²) >= 11 is 0. The van der Waals surface area contributed by atoms with E-state index >= 15 is 0 Å². The zero-order valence-electron chi connectivity index (χ0n) is 16.1. The molecule has 0 bridgehead atoms. The molecule has 31 heavy (non-hydrogen) atoms. The van der Waals surface area contributed by atoms with Crippen LogP contribution in [0, 0.1) is 5.82 Å². The Morgan fingerprint density at radius 1 is 1.00 bits per heavy atom. The largest absolute Gasteiger partial charge is 0.331 e. The first-order valence-corrected chi connectivity index (χ1v) is 9.53. The molecule has 0 unspecified atom stereocenters. The molecule has 0 radical (unpaired) electrons. The van der Waals surface area contributed by atoms with E-state index in [4.69, 9.17) is 0 Å². The molecule has 8 nitrogen and oxygen atoms in total. The summed E-state index contributed by atoms with van der Waals surface area (Å²) in [6.45, 7) is 0.131. The average molecular weight is 417 g/mol. The molecule has 3 heterocycles. The van der Waals surface area contributed by atoms with E-state index in [0.717, 1.165) is 11.1 Å². The molecule has 4 amide bonds. The van der Waals surface area contributed by atoms with E-state index in [1.165, 1.54) is 23.4 Å². The van der Waals surface area contributed by atoms with E-state index in [9.17, 15) is 18.8 Å². The third-order valence-corrected chi connectivity index (χ3v) is 5.59. The predicted octanol–water partition coefficient (Wildman–Crippen LogP) is 1.97. The number of urea groups is 1. The maximum atomic E-state index is 13.6. The standard InChI is InChI=1S/C22H16FN5O3/c23-17-6-3-14-10-28(19(29)18(14)7-17)11-22(20(30)26-21(31)27-22)16-4-1-13(2-5-16)15-8-24-12-25-9-15/h1-9,12H,10-11H2,(H2,26,27,30,31)/t22-/m0/s1. The minimum Gasteiger partial charge on any atom is -0.331 e. The molecule has 2 aliphatic heterocycles. The number of nitrogens with zero attached hydrogens (tertiary/aromatic N) is 3. The summed E-state index contributed by atoms with van der Waals surface area (Å²) in [7, 11) is 0. The van der Waals surface area contributed by atoms with Crippen molar-refractivity contribution in [3.8, 4) is 11.1 Å². The number of imide groups is 1. The van der Waals surface area contributed by atoms with Gasteiger partial charge in [0.2, 0.25) is 0 Å². The SMILES string of the molecule is O=C1NC(=O)[C@](CN2Cc3ccc(F)cc3C2=O)(c2ccc(-c3cncnc3)cc2)N1. The first-order valence-electron chi connectivity index (χ1n) is 9.53. The van der Waals surface area contributed by atoms with E-state index in [1.54, 1.807) is 42.7 Å². The molecular weight excluding hydrogens is 401 g/mol. The third kappa shape index (κ3) is 3.10. The molecule has 0 saturated carbocycles. The van der Waals surface area contributed by atoms with Crippen LogP contribution < -0.4 is 10.6 Å². The van der Waals surface area contributed by atoms with Crippen molar-refractivity contribution in [1.29, 1.82) is 0 Å². The minimum absolute atomic E-state index is 0.0898. The number of aromatic nitrogens is 2. The molecule has 154 valence electrons. The van der Waals surface area contributed by atoms with Gasteiger partial charge in [-0.05, 0) is 28.8 Å². The van der Waals surface area contributed by atoms with Gasteiger partial charge in [-0.2, -0.15) is 0 Å². The van der Waals surface area contributed by atoms with Gasteiger partial charge in [-0.1, -0.05) is 30.3 Å². The zero-order valence-corrected chi connectivity index (χ0v) is 16.1. The Hall–Kier alpha value is -4.14. The summed E-state index contributed by atoms with van der Waals surface area (Å²) in [6.07, 6.45) is 4.77. The van der Waals surface area contributed by atoms with Crippen LogP contribution in [-0.2, 0) is 16.9 Å². The monoisotopic (exact) mass is 417 g/mol. The van der Waals surface area contributed by atoms with Crippen molar-refractivity contribution >= 4 is 17.8 Å². The second-order valence-corrected chi connectivity index (χ2v) is 7.48. The van der Waals surface area contributed by atoms with Crippen LogP contribution in [0.15, 0.2) is 61.2 Å². The summed E-state index contributed by atoms with van der Waals surface area (Å²) in [5, 5.41) is 4.95. The summed E-state index contributed by atoms with van der Waals surface area (Å²) in [5.41, 5.74) is 1.63. The molecule has 1 aromatic heterocycles. The van der Waals surface area contributed by atoms with Crippen molar-refractivity contribution in [1.82, 2.24) is 25.5 Å². The van der Waals surface area contributed by atoms with E-state index in [2.05, 4.69) is 20.6 Å². The molecule has 1 atom stereocenters. The number of carbonyl (C=O) groups excluding carboxylic acids is 3. The van der Waals surface area contributed by atoms with Crippen LogP contribution in [0.25, 0.3) is 11.1 Å². The van der Waals surface area contributed by atoms with E-state index in [-0.39, 0.29) is 24.6 Å². The highest BCUT2D eigenvalue weighted by Crippen LogP contribution is 2.32. The Morgan fingerprint density at radius 2 is 1.74 bits per heavy atom. The number of rotatable bonds is 4. The minimum atomic E-state index is -1.46. The van der Waals surface area contributed by atoms with Crippen molar-refractivity contribution in [2.24, 2.45) is 0 Å². The fraction of sp³-hybridized carbons (Fsp3) is 0.136. The van der Waals surface area contributed by atoms with Gasteiger partial charge in [-0.25, -0.2) is 19.2 Å². The Morgan fingerprint density at radius 3 is 2.42 bits per heavy atom. The Bertz CT molecular complexity index is 1220. The lowest BCUT2D eigenvalue weighted by Gasteiger charge is -2.31. The van der Waals surface area contributed by atoms with Crippen molar-refractivity contribution in [3.05, 3.63) is 83.7 Å². The molecule has 5 rings (SSSR count). The second-order valence-electron chi connectivity index (χ2n) is 7.48. The zero-order chi connectivity index (χ0) is 21.6. The molecule has 2 aromatic carbocycles. The number of benzene rings is 2. The maximum absolute atomic E-state index is 13.6. The van der Waals surface area contributed by atoms with Gasteiger partial charge in [0, 0.05) is 30.1 Å². The molecule has 3 aromatic rings. The second kappa shape index (κ2) is 6.98. The lowest BCUT2D eigenvalue weighted by Crippen LogP contribution is -2.52. The Labute approximate surface area is 176 Å². The van der Waals surface area contributed by atoms with Crippen LogP contribution in [0.3, 0.4) is 0 Å². The summed E-state index contributed by atoms with van der Waals surface area (Å²) in [6, 6.07) is 10.4. The van der Waals surface area contributed by atoms with Crippen molar-refractivity contribution in [2.75, 3.05) is 6.54 Å². The fourth-order valence-corrected chi connectivity index (χ4v) is 4.04. The molecule has 0 aliphatic carbocycles. The lowest BCUT2D eigenvalue weighted by atomic mass is 9.88. The first-order chi connectivity index (χ1) is 15.0. The van der Waals surface area contributed by atoms with E-state index in [1.807, 2.05) is 0 Å². The van der Waals surface area contributed by atoms with Crippen LogP contribution in [0.2, 0.25) is 0 Å². The number of fused-ring (bicyclic) bond motifs is 1. The Kier molecular flexibility index (Phi) is 4.25. The number of halogens is 1.